The van der Waals surface area contributed by atoms with E-state index in [1.54, 1.807) is 0 Å². The second-order valence-electron chi connectivity index (χ2n) is 5.04. The quantitative estimate of drug-likeness (QED) is 0.645. The number of nitrogens with zero attached hydrogens (tertiary/aromatic N) is 3. The summed E-state index contributed by atoms with van der Waals surface area (Å²) in [6.07, 6.45) is 4.52. The molecule has 0 aromatic heterocycles. The molecule has 2 atom stereocenters. The highest BCUT2D eigenvalue weighted by atomic mass is 15.6. The first-order valence-corrected chi connectivity index (χ1v) is 6.34. The molecule has 86 valence electrons. The van der Waals surface area contributed by atoms with E-state index in [1.165, 1.54) is 52.0 Å². The first kappa shape index (κ1) is 10.0. The van der Waals surface area contributed by atoms with Crippen LogP contribution >= 0.6 is 0 Å². The highest BCUT2D eigenvalue weighted by molar-refractivity contribution is 4.91. The summed E-state index contributed by atoms with van der Waals surface area (Å²) in [4.78, 5) is 7.94. The van der Waals surface area contributed by atoms with E-state index in [1.807, 2.05) is 0 Å². The molecule has 3 heterocycles. The lowest BCUT2D eigenvalue weighted by Crippen LogP contribution is -2.70. The average molecular weight is 210 g/mol. The second-order valence-corrected chi connectivity index (χ2v) is 5.04. The van der Waals surface area contributed by atoms with E-state index in [-0.39, 0.29) is 0 Å². The lowest BCUT2D eigenvalue weighted by molar-refractivity contribution is -0.159. The van der Waals surface area contributed by atoms with Crippen molar-refractivity contribution < 1.29 is 0 Å². The van der Waals surface area contributed by atoms with Crippen LogP contribution in [-0.4, -0.2) is 66.3 Å². The molecule has 3 aliphatic rings. The van der Waals surface area contributed by atoms with Gasteiger partial charge in [-0.1, -0.05) is 0 Å². The fraction of sp³-hybridized carbons (Fsp3) is 1.00. The van der Waals surface area contributed by atoms with E-state index in [9.17, 15) is 0 Å². The van der Waals surface area contributed by atoms with Crippen molar-refractivity contribution in [2.75, 3.05) is 39.3 Å². The molecule has 3 saturated heterocycles. The van der Waals surface area contributed by atoms with Crippen LogP contribution in [0.15, 0.2) is 0 Å². The Hall–Kier alpha value is -0.160. The Morgan fingerprint density at radius 2 is 1.60 bits per heavy atom. The maximum atomic E-state index is 5.88. The summed E-state index contributed by atoms with van der Waals surface area (Å²) in [5, 5.41) is 0. The van der Waals surface area contributed by atoms with Crippen LogP contribution < -0.4 is 5.73 Å². The second kappa shape index (κ2) is 4.01. The van der Waals surface area contributed by atoms with Gasteiger partial charge >= 0.3 is 0 Å². The first-order chi connectivity index (χ1) is 7.40. The standard InChI is InChI=1S/C11H22N4/c12-9-10-3-8-14-5-1-4-13-6-2-7-15(10)11(13)14/h10-11H,1-9,12H2/t10-,11-/m1/s1. The van der Waals surface area contributed by atoms with Crippen LogP contribution in [0.2, 0.25) is 0 Å². The van der Waals surface area contributed by atoms with Crippen LogP contribution in [0, 0.1) is 0 Å². The van der Waals surface area contributed by atoms with Gasteiger partial charge in [0.25, 0.3) is 0 Å². The minimum absolute atomic E-state index is 0.592. The Labute approximate surface area is 92.0 Å². The van der Waals surface area contributed by atoms with Crippen molar-refractivity contribution in [1.29, 1.82) is 0 Å². The van der Waals surface area contributed by atoms with Gasteiger partial charge in [-0.3, -0.25) is 14.7 Å². The average Bonchev–Trinajstić information content (AvgIpc) is 2.30. The van der Waals surface area contributed by atoms with E-state index in [2.05, 4.69) is 14.7 Å². The molecule has 0 aliphatic carbocycles. The molecule has 0 saturated carbocycles. The van der Waals surface area contributed by atoms with Crippen molar-refractivity contribution in [3.8, 4) is 0 Å². The summed E-state index contributed by atoms with van der Waals surface area (Å²) in [6, 6.07) is 0.632. The topological polar surface area (TPSA) is 35.7 Å². The van der Waals surface area contributed by atoms with E-state index >= 15 is 0 Å². The molecule has 0 unspecified atom stereocenters. The van der Waals surface area contributed by atoms with Crippen LogP contribution in [-0.2, 0) is 0 Å². The minimum atomic E-state index is 0.592. The zero-order valence-electron chi connectivity index (χ0n) is 9.44. The van der Waals surface area contributed by atoms with E-state index in [4.69, 9.17) is 5.73 Å². The van der Waals surface area contributed by atoms with Gasteiger partial charge in [-0.05, 0) is 19.3 Å². The van der Waals surface area contributed by atoms with E-state index in [0.29, 0.717) is 12.3 Å². The predicted molar refractivity (Wildman–Crippen MR) is 60.3 cm³/mol. The predicted octanol–water partition coefficient (Wildman–Crippen LogP) is -0.286. The van der Waals surface area contributed by atoms with Crippen LogP contribution in [0.5, 0.6) is 0 Å². The summed E-state index contributed by atoms with van der Waals surface area (Å²) in [7, 11) is 0. The third kappa shape index (κ3) is 1.60. The Balaban J connectivity index is 1.82. The minimum Gasteiger partial charge on any atom is -0.329 e. The van der Waals surface area contributed by atoms with Gasteiger partial charge in [0.15, 0.2) is 0 Å². The van der Waals surface area contributed by atoms with Crippen molar-refractivity contribution in [2.45, 2.75) is 31.6 Å². The van der Waals surface area contributed by atoms with Crippen molar-refractivity contribution in [3.63, 3.8) is 0 Å². The van der Waals surface area contributed by atoms with Crippen molar-refractivity contribution in [2.24, 2.45) is 5.73 Å². The molecule has 3 rings (SSSR count). The lowest BCUT2D eigenvalue weighted by Gasteiger charge is -2.57. The van der Waals surface area contributed by atoms with Gasteiger partial charge in [0.2, 0.25) is 0 Å². The number of nitrogens with two attached hydrogens (primary N) is 1. The fourth-order valence-electron chi connectivity index (χ4n) is 3.49. The molecular weight excluding hydrogens is 188 g/mol. The smallest absolute Gasteiger partial charge is 0.119 e. The van der Waals surface area contributed by atoms with Gasteiger partial charge < -0.3 is 5.73 Å². The summed E-state index contributed by atoms with van der Waals surface area (Å²) in [5.74, 6) is 0. The highest BCUT2D eigenvalue weighted by Crippen LogP contribution is 2.29. The summed E-state index contributed by atoms with van der Waals surface area (Å²) in [6.45, 7) is 7.19. The van der Waals surface area contributed by atoms with Gasteiger partial charge in [-0.2, -0.15) is 0 Å². The summed E-state index contributed by atoms with van der Waals surface area (Å²) < 4.78 is 0. The number of rotatable bonds is 1. The van der Waals surface area contributed by atoms with Gasteiger partial charge in [0.1, 0.15) is 6.29 Å². The van der Waals surface area contributed by atoms with Gasteiger partial charge in [-0.15, -0.1) is 0 Å². The maximum Gasteiger partial charge on any atom is 0.119 e. The molecule has 3 aliphatic heterocycles. The molecule has 0 aromatic carbocycles. The molecule has 15 heavy (non-hydrogen) atoms. The SMILES string of the molecule is NC[C@H]1CCN2CCCN3CCCN1[C@H]32. The molecule has 0 bridgehead atoms. The van der Waals surface area contributed by atoms with Crippen LogP contribution in [0.4, 0.5) is 0 Å². The molecule has 3 fully saturated rings. The largest absolute Gasteiger partial charge is 0.329 e. The molecule has 4 heteroatoms. The Morgan fingerprint density at radius 3 is 2.33 bits per heavy atom. The maximum absolute atomic E-state index is 5.88. The molecular formula is C11H22N4. The Kier molecular flexibility index (Phi) is 2.68. The van der Waals surface area contributed by atoms with Crippen LogP contribution in [0.1, 0.15) is 19.3 Å². The third-order valence-electron chi connectivity index (χ3n) is 4.19. The van der Waals surface area contributed by atoms with Gasteiger partial charge in [0, 0.05) is 45.3 Å². The fourth-order valence-corrected chi connectivity index (χ4v) is 3.49. The first-order valence-electron chi connectivity index (χ1n) is 6.34. The van der Waals surface area contributed by atoms with Crippen LogP contribution in [0.25, 0.3) is 0 Å². The van der Waals surface area contributed by atoms with E-state index in [0.717, 1.165) is 6.54 Å². The normalized spacial score (nSPS) is 39.0. The summed E-state index contributed by atoms with van der Waals surface area (Å²) in [5.41, 5.74) is 5.88. The van der Waals surface area contributed by atoms with Crippen LogP contribution in [0.3, 0.4) is 0 Å². The Morgan fingerprint density at radius 1 is 0.933 bits per heavy atom. The lowest BCUT2D eigenvalue weighted by atomic mass is 10.0. The van der Waals surface area contributed by atoms with Gasteiger partial charge in [-0.25, -0.2) is 0 Å². The molecule has 4 nitrogen and oxygen atoms in total. The molecule has 2 N–H and O–H groups in total. The number of hydrogen-bond donors (Lipinski definition) is 1. The molecule has 0 radical (unpaired) electrons. The Bertz CT molecular complexity index is 224. The summed E-state index contributed by atoms with van der Waals surface area (Å²) >= 11 is 0. The third-order valence-corrected chi connectivity index (χ3v) is 4.19. The monoisotopic (exact) mass is 210 g/mol. The van der Waals surface area contributed by atoms with Crippen molar-refractivity contribution in [1.82, 2.24) is 14.7 Å². The molecule has 0 aromatic rings. The van der Waals surface area contributed by atoms with Gasteiger partial charge in [0.05, 0.1) is 0 Å². The highest BCUT2D eigenvalue weighted by Gasteiger charge is 2.41. The van der Waals surface area contributed by atoms with Crippen molar-refractivity contribution in [3.05, 3.63) is 0 Å². The van der Waals surface area contributed by atoms with Crippen molar-refractivity contribution >= 4 is 0 Å². The van der Waals surface area contributed by atoms with E-state index < -0.39 is 0 Å². The number of hydrogen-bond acceptors (Lipinski definition) is 4. The zero-order valence-corrected chi connectivity index (χ0v) is 9.44. The molecule has 0 spiro atoms. The molecule has 0 amide bonds. The zero-order chi connectivity index (χ0) is 10.3.